The van der Waals surface area contributed by atoms with E-state index in [1.165, 1.54) is 0 Å². The molecule has 0 aromatic heterocycles. The molecule has 17 heavy (non-hydrogen) atoms. The van der Waals surface area contributed by atoms with E-state index in [1.54, 1.807) is 4.90 Å². The molecule has 0 aromatic rings. The molecule has 0 spiro atoms. The molecule has 2 fully saturated rings. The van der Waals surface area contributed by atoms with Gasteiger partial charge < -0.3 is 15.3 Å². The number of carboxylic acids is 1. The largest absolute Gasteiger partial charge is 0.481 e. The summed E-state index contributed by atoms with van der Waals surface area (Å²) in [5.74, 6) is -1.15. The first kappa shape index (κ1) is 12.2. The van der Waals surface area contributed by atoms with Crippen LogP contribution in [0.2, 0.25) is 0 Å². The third kappa shape index (κ3) is 2.23. The number of fused-ring (bicyclic) bond motifs is 2. The van der Waals surface area contributed by atoms with Crippen molar-refractivity contribution in [2.24, 2.45) is 5.92 Å². The summed E-state index contributed by atoms with van der Waals surface area (Å²) >= 11 is 0. The molecule has 5 heteroatoms. The van der Waals surface area contributed by atoms with Gasteiger partial charge in [0.2, 0.25) is 0 Å². The second-order valence-corrected chi connectivity index (χ2v) is 6.07. The Hall–Kier alpha value is -1.26. The van der Waals surface area contributed by atoms with Crippen LogP contribution in [0, 0.1) is 5.92 Å². The average Bonchev–Trinajstić information content (AvgIpc) is 2.70. The normalized spacial score (nSPS) is 31.7. The standard InChI is InChI=1S/C12H20N2O3/c1-12(2,3)13-11(17)14-7-4-5-9(14)8(6-7)10(15)16/h7-9H,4-6H2,1-3H3,(H,13,17)(H,15,16). The molecular weight excluding hydrogens is 220 g/mol. The first-order valence-electron chi connectivity index (χ1n) is 6.13. The Labute approximate surface area is 101 Å². The van der Waals surface area contributed by atoms with E-state index in [9.17, 15) is 9.59 Å². The van der Waals surface area contributed by atoms with Gasteiger partial charge in [-0.15, -0.1) is 0 Å². The van der Waals surface area contributed by atoms with Gasteiger partial charge in [-0.2, -0.15) is 0 Å². The minimum Gasteiger partial charge on any atom is -0.481 e. The van der Waals surface area contributed by atoms with Crippen LogP contribution in [0.25, 0.3) is 0 Å². The molecule has 2 rings (SSSR count). The number of carbonyl (C=O) groups is 2. The summed E-state index contributed by atoms with van der Waals surface area (Å²) in [6.07, 6.45) is 2.36. The van der Waals surface area contributed by atoms with E-state index in [1.807, 2.05) is 20.8 Å². The number of rotatable bonds is 1. The molecule has 5 nitrogen and oxygen atoms in total. The number of nitrogens with one attached hydrogen (secondary N) is 1. The SMILES string of the molecule is CC(C)(C)NC(=O)N1C2CCC1C(C(=O)O)C2. The summed E-state index contributed by atoms with van der Waals surface area (Å²) in [4.78, 5) is 25.0. The molecule has 3 unspecified atom stereocenters. The number of aliphatic carboxylic acids is 1. The van der Waals surface area contributed by atoms with Crippen LogP contribution in [0.1, 0.15) is 40.0 Å². The monoisotopic (exact) mass is 240 g/mol. The Morgan fingerprint density at radius 1 is 1.29 bits per heavy atom. The lowest BCUT2D eigenvalue weighted by molar-refractivity contribution is -0.142. The van der Waals surface area contributed by atoms with Crippen LogP contribution < -0.4 is 5.32 Å². The summed E-state index contributed by atoms with van der Waals surface area (Å²) in [6.45, 7) is 5.78. The number of amides is 2. The van der Waals surface area contributed by atoms with E-state index in [4.69, 9.17) is 5.11 Å². The Morgan fingerprint density at radius 3 is 2.41 bits per heavy atom. The molecule has 2 amide bonds. The highest BCUT2D eigenvalue weighted by molar-refractivity contribution is 5.79. The van der Waals surface area contributed by atoms with Gasteiger partial charge in [-0.05, 0) is 40.0 Å². The zero-order chi connectivity index (χ0) is 12.8. The van der Waals surface area contributed by atoms with Crippen LogP contribution in [0.3, 0.4) is 0 Å². The minimum atomic E-state index is -0.772. The van der Waals surface area contributed by atoms with E-state index in [0.29, 0.717) is 6.42 Å². The van der Waals surface area contributed by atoms with Crippen molar-refractivity contribution in [2.75, 3.05) is 0 Å². The van der Waals surface area contributed by atoms with Crippen molar-refractivity contribution in [2.45, 2.75) is 57.7 Å². The molecule has 2 bridgehead atoms. The molecular formula is C12H20N2O3. The van der Waals surface area contributed by atoms with Gasteiger partial charge in [0.05, 0.1) is 5.92 Å². The molecule has 0 saturated carbocycles. The maximum absolute atomic E-state index is 12.1. The van der Waals surface area contributed by atoms with Crippen molar-refractivity contribution < 1.29 is 14.7 Å². The van der Waals surface area contributed by atoms with Crippen LogP contribution in [0.4, 0.5) is 4.79 Å². The molecule has 0 aliphatic carbocycles. The number of urea groups is 1. The number of carbonyl (C=O) groups excluding carboxylic acids is 1. The van der Waals surface area contributed by atoms with Gasteiger partial charge in [-0.3, -0.25) is 4.79 Å². The highest BCUT2D eigenvalue weighted by Crippen LogP contribution is 2.41. The summed E-state index contributed by atoms with van der Waals surface area (Å²) in [5.41, 5.74) is -0.280. The number of carboxylic acid groups (broad SMARTS) is 1. The molecule has 3 atom stereocenters. The molecule has 96 valence electrons. The quantitative estimate of drug-likeness (QED) is 0.728. The molecule has 2 N–H and O–H groups in total. The maximum atomic E-state index is 12.1. The lowest BCUT2D eigenvalue weighted by Crippen LogP contribution is -2.50. The van der Waals surface area contributed by atoms with E-state index >= 15 is 0 Å². The first-order chi connectivity index (χ1) is 7.79. The lowest BCUT2D eigenvalue weighted by Gasteiger charge is -2.28. The van der Waals surface area contributed by atoms with Gasteiger partial charge >= 0.3 is 12.0 Å². The number of hydrogen-bond acceptors (Lipinski definition) is 2. The fourth-order valence-electron chi connectivity index (χ4n) is 2.96. The van der Waals surface area contributed by atoms with Gasteiger partial charge in [0, 0.05) is 17.6 Å². The highest BCUT2D eigenvalue weighted by Gasteiger charge is 2.51. The summed E-state index contributed by atoms with van der Waals surface area (Å²) in [7, 11) is 0. The van der Waals surface area contributed by atoms with E-state index in [-0.39, 0.29) is 29.6 Å². The van der Waals surface area contributed by atoms with Gasteiger partial charge in [0.25, 0.3) is 0 Å². The van der Waals surface area contributed by atoms with Gasteiger partial charge in [-0.25, -0.2) is 4.79 Å². The Morgan fingerprint density at radius 2 is 1.94 bits per heavy atom. The van der Waals surface area contributed by atoms with Gasteiger partial charge in [-0.1, -0.05) is 0 Å². The molecule has 2 heterocycles. The van der Waals surface area contributed by atoms with E-state index in [2.05, 4.69) is 5.32 Å². The first-order valence-corrected chi connectivity index (χ1v) is 6.13. The average molecular weight is 240 g/mol. The molecule has 2 aliphatic heterocycles. The predicted octanol–water partition coefficient (Wildman–Crippen LogP) is 1.43. The highest BCUT2D eigenvalue weighted by atomic mass is 16.4. The summed E-state index contributed by atoms with van der Waals surface area (Å²) in [5, 5.41) is 12.0. The van der Waals surface area contributed by atoms with Crippen LogP contribution in [0.15, 0.2) is 0 Å². The fourth-order valence-corrected chi connectivity index (χ4v) is 2.96. The fraction of sp³-hybridized carbons (Fsp3) is 0.833. The number of hydrogen-bond donors (Lipinski definition) is 2. The van der Waals surface area contributed by atoms with Crippen LogP contribution in [-0.2, 0) is 4.79 Å². The number of nitrogens with zero attached hydrogens (tertiary/aromatic N) is 1. The van der Waals surface area contributed by atoms with Crippen molar-refractivity contribution in [1.29, 1.82) is 0 Å². The van der Waals surface area contributed by atoms with Crippen molar-refractivity contribution in [3.63, 3.8) is 0 Å². The van der Waals surface area contributed by atoms with Gasteiger partial charge in [0.1, 0.15) is 0 Å². The third-order valence-electron chi connectivity index (χ3n) is 3.57. The minimum absolute atomic E-state index is 0.111. The van der Waals surface area contributed by atoms with Gasteiger partial charge in [0.15, 0.2) is 0 Å². The second-order valence-electron chi connectivity index (χ2n) is 6.07. The smallest absolute Gasteiger partial charge is 0.318 e. The van der Waals surface area contributed by atoms with Crippen molar-refractivity contribution in [1.82, 2.24) is 10.2 Å². The maximum Gasteiger partial charge on any atom is 0.318 e. The molecule has 2 saturated heterocycles. The molecule has 0 aromatic carbocycles. The summed E-state index contributed by atoms with van der Waals surface area (Å²) in [6, 6.07) is -0.114. The third-order valence-corrected chi connectivity index (χ3v) is 3.57. The van der Waals surface area contributed by atoms with Crippen LogP contribution in [0.5, 0.6) is 0 Å². The second kappa shape index (κ2) is 3.89. The molecule has 2 aliphatic rings. The Balaban J connectivity index is 2.08. The van der Waals surface area contributed by atoms with Crippen LogP contribution >= 0.6 is 0 Å². The van der Waals surface area contributed by atoms with E-state index in [0.717, 1.165) is 12.8 Å². The summed E-state index contributed by atoms with van der Waals surface area (Å²) < 4.78 is 0. The Bertz CT molecular complexity index is 348. The Kier molecular flexibility index (Phi) is 2.79. The van der Waals surface area contributed by atoms with Crippen molar-refractivity contribution in [3.05, 3.63) is 0 Å². The topological polar surface area (TPSA) is 69.6 Å². The lowest BCUT2D eigenvalue weighted by atomic mass is 9.89. The van der Waals surface area contributed by atoms with Crippen LogP contribution in [-0.4, -0.2) is 39.6 Å². The van der Waals surface area contributed by atoms with E-state index < -0.39 is 5.97 Å². The van der Waals surface area contributed by atoms with Crippen molar-refractivity contribution >= 4 is 12.0 Å². The zero-order valence-corrected chi connectivity index (χ0v) is 10.6. The zero-order valence-electron chi connectivity index (χ0n) is 10.6. The molecule has 0 radical (unpaired) electrons. The van der Waals surface area contributed by atoms with Crippen molar-refractivity contribution in [3.8, 4) is 0 Å². The predicted molar refractivity (Wildman–Crippen MR) is 62.7 cm³/mol.